The zero-order valence-electron chi connectivity index (χ0n) is 11.5. The molecule has 112 valence electrons. The molecule has 0 aliphatic heterocycles. The van der Waals surface area contributed by atoms with Crippen LogP contribution in [0, 0.1) is 5.41 Å². The maximum Gasteiger partial charge on any atom is 0.311 e. The summed E-state index contributed by atoms with van der Waals surface area (Å²) >= 11 is 12.1. The standard InChI is InChI=1S/C13H14Cl2N4O2/c1-3-13(2,12(20)21)7-19-11(16-17-18-19)9-6-8(14)4-5-10(9)15/h4-6H,3,7H2,1-2H3,(H,20,21). The van der Waals surface area contributed by atoms with E-state index >= 15 is 0 Å². The Morgan fingerprint density at radius 2 is 2.14 bits per heavy atom. The second kappa shape index (κ2) is 5.99. The van der Waals surface area contributed by atoms with Gasteiger partial charge in [-0.25, -0.2) is 4.68 Å². The van der Waals surface area contributed by atoms with Crippen LogP contribution in [-0.2, 0) is 11.3 Å². The van der Waals surface area contributed by atoms with E-state index in [1.54, 1.807) is 25.1 Å². The van der Waals surface area contributed by atoms with E-state index in [-0.39, 0.29) is 6.54 Å². The van der Waals surface area contributed by atoms with Crippen molar-refractivity contribution >= 4 is 29.2 Å². The summed E-state index contributed by atoms with van der Waals surface area (Å²) in [5.74, 6) is -0.507. The summed E-state index contributed by atoms with van der Waals surface area (Å²) in [6, 6.07) is 4.96. The third-order valence-corrected chi connectivity index (χ3v) is 4.06. The van der Waals surface area contributed by atoms with Crippen LogP contribution >= 0.6 is 23.2 Å². The number of carbonyl (C=O) groups is 1. The first-order valence-electron chi connectivity index (χ1n) is 6.32. The van der Waals surface area contributed by atoms with E-state index in [4.69, 9.17) is 23.2 Å². The molecule has 0 bridgehead atoms. The van der Waals surface area contributed by atoms with Crippen molar-refractivity contribution < 1.29 is 9.90 Å². The van der Waals surface area contributed by atoms with Gasteiger partial charge in [-0.2, -0.15) is 0 Å². The smallest absolute Gasteiger partial charge is 0.311 e. The molecule has 0 saturated carbocycles. The first-order chi connectivity index (χ1) is 9.87. The highest BCUT2D eigenvalue weighted by Crippen LogP contribution is 2.31. The number of hydrogen-bond acceptors (Lipinski definition) is 4. The zero-order valence-corrected chi connectivity index (χ0v) is 13.1. The lowest BCUT2D eigenvalue weighted by Gasteiger charge is -2.22. The SMILES string of the molecule is CCC(C)(Cn1nnnc1-c1cc(Cl)ccc1Cl)C(=O)O. The fourth-order valence-electron chi connectivity index (χ4n) is 1.83. The third kappa shape index (κ3) is 3.16. The number of hydrogen-bond donors (Lipinski definition) is 1. The Bertz CT molecular complexity index is 674. The lowest BCUT2D eigenvalue weighted by atomic mass is 9.88. The number of carboxylic acid groups (broad SMARTS) is 1. The molecule has 0 radical (unpaired) electrons. The van der Waals surface area contributed by atoms with Crippen LogP contribution in [0.1, 0.15) is 20.3 Å². The van der Waals surface area contributed by atoms with E-state index in [1.165, 1.54) is 4.68 Å². The average molecular weight is 329 g/mol. The molecule has 8 heteroatoms. The largest absolute Gasteiger partial charge is 0.481 e. The first-order valence-corrected chi connectivity index (χ1v) is 7.08. The van der Waals surface area contributed by atoms with Crippen molar-refractivity contribution in [1.29, 1.82) is 0 Å². The van der Waals surface area contributed by atoms with Crippen molar-refractivity contribution in [3.8, 4) is 11.4 Å². The molecule has 0 fully saturated rings. The second-order valence-electron chi connectivity index (χ2n) is 5.00. The minimum atomic E-state index is -0.963. The van der Waals surface area contributed by atoms with Crippen LogP contribution < -0.4 is 0 Å². The normalized spacial score (nSPS) is 13.9. The Kier molecular flexibility index (Phi) is 4.49. The summed E-state index contributed by atoms with van der Waals surface area (Å²) < 4.78 is 1.44. The molecule has 6 nitrogen and oxygen atoms in total. The Balaban J connectivity index is 2.44. The number of tetrazole rings is 1. The molecule has 21 heavy (non-hydrogen) atoms. The van der Waals surface area contributed by atoms with Crippen LogP contribution in [-0.4, -0.2) is 31.3 Å². The summed E-state index contributed by atoms with van der Waals surface area (Å²) in [4.78, 5) is 11.4. The van der Waals surface area contributed by atoms with Crippen LogP contribution in [0.5, 0.6) is 0 Å². The Morgan fingerprint density at radius 1 is 1.43 bits per heavy atom. The Hall–Kier alpha value is -1.66. The molecule has 0 aliphatic rings. The molecule has 2 rings (SSSR count). The van der Waals surface area contributed by atoms with Crippen molar-refractivity contribution in [1.82, 2.24) is 20.2 Å². The summed E-state index contributed by atoms with van der Waals surface area (Å²) in [5, 5.41) is 21.7. The predicted molar refractivity (Wildman–Crippen MR) is 79.3 cm³/mol. The second-order valence-corrected chi connectivity index (χ2v) is 5.85. The fourth-order valence-corrected chi connectivity index (χ4v) is 2.21. The van der Waals surface area contributed by atoms with Gasteiger partial charge in [-0.15, -0.1) is 5.10 Å². The van der Waals surface area contributed by atoms with Gasteiger partial charge in [0.05, 0.1) is 17.0 Å². The first kappa shape index (κ1) is 15.7. The highest BCUT2D eigenvalue weighted by Gasteiger charge is 2.33. The van der Waals surface area contributed by atoms with Crippen molar-refractivity contribution in [3.05, 3.63) is 28.2 Å². The number of aliphatic carboxylic acids is 1. The fraction of sp³-hybridized carbons (Fsp3) is 0.385. The number of aromatic nitrogens is 4. The summed E-state index contributed by atoms with van der Waals surface area (Å²) in [7, 11) is 0. The monoisotopic (exact) mass is 328 g/mol. The van der Waals surface area contributed by atoms with E-state index in [0.717, 1.165) is 0 Å². The molecule has 0 spiro atoms. The molecule has 1 atom stereocenters. The lowest BCUT2D eigenvalue weighted by molar-refractivity contribution is -0.149. The minimum absolute atomic E-state index is 0.143. The Labute approximate surface area is 131 Å². The average Bonchev–Trinajstić information content (AvgIpc) is 2.89. The van der Waals surface area contributed by atoms with Gasteiger partial charge in [0.15, 0.2) is 5.82 Å². The molecule has 1 aromatic carbocycles. The van der Waals surface area contributed by atoms with Gasteiger partial charge in [-0.1, -0.05) is 30.1 Å². The van der Waals surface area contributed by atoms with Gasteiger partial charge in [-0.05, 0) is 42.0 Å². The van der Waals surface area contributed by atoms with Crippen molar-refractivity contribution in [2.45, 2.75) is 26.8 Å². The maximum absolute atomic E-state index is 11.4. The van der Waals surface area contributed by atoms with Crippen LogP contribution in [0.2, 0.25) is 10.0 Å². The van der Waals surface area contributed by atoms with Crippen LogP contribution in [0.25, 0.3) is 11.4 Å². The molecule has 1 unspecified atom stereocenters. The van der Waals surface area contributed by atoms with Crippen LogP contribution in [0.15, 0.2) is 18.2 Å². The molecular weight excluding hydrogens is 315 g/mol. The van der Waals surface area contributed by atoms with Crippen LogP contribution in [0.3, 0.4) is 0 Å². The molecule has 1 heterocycles. The molecular formula is C13H14Cl2N4O2. The number of nitrogens with zero attached hydrogens (tertiary/aromatic N) is 4. The molecule has 1 aromatic heterocycles. The lowest BCUT2D eigenvalue weighted by Crippen LogP contribution is -2.32. The Morgan fingerprint density at radius 3 is 2.76 bits per heavy atom. The zero-order chi connectivity index (χ0) is 15.6. The molecule has 0 aliphatic carbocycles. The highest BCUT2D eigenvalue weighted by atomic mass is 35.5. The van der Waals surface area contributed by atoms with Crippen molar-refractivity contribution in [2.24, 2.45) is 5.41 Å². The van der Waals surface area contributed by atoms with Crippen LogP contribution in [0.4, 0.5) is 0 Å². The highest BCUT2D eigenvalue weighted by molar-refractivity contribution is 6.35. The van der Waals surface area contributed by atoms with Gasteiger partial charge in [-0.3, -0.25) is 4.79 Å². The summed E-state index contributed by atoms with van der Waals surface area (Å²) in [6.45, 7) is 3.61. The molecule has 1 N–H and O–H groups in total. The van der Waals surface area contributed by atoms with E-state index in [0.29, 0.717) is 27.9 Å². The third-order valence-electron chi connectivity index (χ3n) is 3.50. The van der Waals surface area contributed by atoms with Gasteiger partial charge in [0, 0.05) is 10.6 Å². The van der Waals surface area contributed by atoms with Gasteiger partial charge < -0.3 is 5.11 Å². The molecule has 0 amide bonds. The van der Waals surface area contributed by atoms with E-state index in [2.05, 4.69) is 15.5 Å². The van der Waals surface area contributed by atoms with E-state index in [9.17, 15) is 9.90 Å². The van der Waals surface area contributed by atoms with Gasteiger partial charge in [0.25, 0.3) is 0 Å². The summed E-state index contributed by atoms with van der Waals surface area (Å²) in [5.41, 5.74) is -0.396. The van der Waals surface area contributed by atoms with Gasteiger partial charge >= 0.3 is 5.97 Å². The topological polar surface area (TPSA) is 80.9 Å². The number of halogens is 2. The number of benzene rings is 1. The van der Waals surface area contributed by atoms with Gasteiger partial charge in [0.1, 0.15) is 0 Å². The molecule has 0 saturated heterocycles. The summed E-state index contributed by atoms with van der Waals surface area (Å²) in [6.07, 6.45) is 0.449. The number of rotatable bonds is 5. The van der Waals surface area contributed by atoms with E-state index < -0.39 is 11.4 Å². The minimum Gasteiger partial charge on any atom is -0.481 e. The molecule has 2 aromatic rings. The van der Waals surface area contributed by atoms with Crippen molar-refractivity contribution in [3.63, 3.8) is 0 Å². The van der Waals surface area contributed by atoms with E-state index in [1.807, 2.05) is 6.92 Å². The maximum atomic E-state index is 11.4. The van der Waals surface area contributed by atoms with Crippen molar-refractivity contribution in [2.75, 3.05) is 0 Å². The quantitative estimate of drug-likeness (QED) is 0.911. The predicted octanol–water partition coefficient (Wildman–Crippen LogP) is 3.15. The van der Waals surface area contributed by atoms with Gasteiger partial charge in [0.2, 0.25) is 0 Å². The number of carboxylic acids is 1.